The summed E-state index contributed by atoms with van der Waals surface area (Å²) in [6.45, 7) is 1.96. The normalized spacial score (nSPS) is 17.8. The van der Waals surface area contributed by atoms with E-state index >= 15 is 0 Å². The van der Waals surface area contributed by atoms with E-state index in [2.05, 4.69) is 15.5 Å². The highest BCUT2D eigenvalue weighted by Gasteiger charge is 2.27. The van der Waals surface area contributed by atoms with Crippen molar-refractivity contribution in [1.82, 2.24) is 25.0 Å². The van der Waals surface area contributed by atoms with E-state index in [1.54, 1.807) is 18.5 Å². The molecular weight excluding hydrogens is 309 g/mol. The molecule has 0 spiro atoms. The van der Waals surface area contributed by atoms with Gasteiger partial charge in [-0.1, -0.05) is 12.1 Å². The number of piperidine rings is 1. The first-order valence-electron chi connectivity index (χ1n) is 8.24. The van der Waals surface area contributed by atoms with Crippen LogP contribution in [-0.2, 0) is 13.5 Å². The second-order valence-corrected chi connectivity index (χ2v) is 6.19. The molecule has 1 aromatic heterocycles. The summed E-state index contributed by atoms with van der Waals surface area (Å²) in [5, 5.41) is 11.0. The summed E-state index contributed by atoms with van der Waals surface area (Å²) in [6.07, 6.45) is 4.36. The van der Waals surface area contributed by atoms with Gasteiger partial charge >= 0.3 is 6.03 Å². The summed E-state index contributed by atoms with van der Waals surface area (Å²) in [5.74, 6) is 0.916. The van der Waals surface area contributed by atoms with Crippen molar-refractivity contribution in [3.8, 4) is 0 Å². The molecule has 128 valence electrons. The van der Waals surface area contributed by atoms with E-state index in [0.29, 0.717) is 19.5 Å². The molecule has 6 nitrogen and oxygen atoms in total. The lowest BCUT2D eigenvalue weighted by molar-refractivity contribution is 0.178. The van der Waals surface area contributed by atoms with Gasteiger partial charge < -0.3 is 14.8 Å². The first-order valence-corrected chi connectivity index (χ1v) is 8.24. The molecule has 0 radical (unpaired) electrons. The van der Waals surface area contributed by atoms with Gasteiger partial charge in [0.2, 0.25) is 0 Å². The Morgan fingerprint density at radius 3 is 2.88 bits per heavy atom. The quantitative estimate of drug-likeness (QED) is 0.933. The molecule has 1 aliphatic rings. The number of aromatic nitrogens is 3. The first-order chi connectivity index (χ1) is 11.6. The summed E-state index contributed by atoms with van der Waals surface area (Å²) >= 11 is 0. The molecule has 1 aliphatic heterocycles. The van der Waals surface area contributed by atoms with Gasteiger partial charge in [0.1, 0.15) is 18.0 Å². The summed E-state index contributed by atoms with van der Waals surface area (Å²) in [5.41, 5.74) is 1.01. The average Bonchev–Trinajstić information content (AvgIpc) is 3.03. The van der Waals surface area contributed by atoms with Crippen molar-refractivity contribution in [1.29, 1.82) is 0 Å². The number of amides is 2. The maximum atomic E-state index is 12.9. The second kappa shape index (κ2) is 7.42. The lowest BCUT2D eigenvalue weighted by atomic mass is 9.97. The Bertz CT molecular complexity index is 685. The van der Waals surface area contributed by atoms with Crippen LogP contribution < -0.4 is 5.32 Å². The van der Waals surface area contributed by atoms with Gasteiger partial charge in [-0.2, -0.15) is 0 Å². The molecule has 7 heteroatoms. The maximum Gasteiger partial charge on any atom is 0.317 e. The van der Waals surface area contributed by atoms with E-state index in [4.69, 9.17) is 0 Å². The third kappa shape index (κ3) is 3.90. The Kier molecular flexibility index (Phi) is 5.08. The standard InChI is InChI=1S/C17H22FN5O/c1-22-12-20-21-16(22)14-3-2-10-23(11-14)17(24)19-9-8-13-4-6-15(18)7-5-13/h4-7,12,14H,2-3,8-11H2,1H3,(H,19,24)/t14-/m0/s1. The highest BCUT2D eigenvalue weighted by Crippen LogP contribution is 2.24. The monoisotopic (exact) mass is 331 g/mol. The molecule has 24 heavy (non-hydrogen) atoms. The number of rotatable bonds is 4. The minimum absolute atomic E-state index is 0.0519. The van der Waals surface area contributed by atoms with Crippen LogP contribution in [0.15, 0.2) is 30.6 Å². The molecule has 1 N–H and O–H groups in total. The number of hydrogen-bond donors (Lipinski definition) is 1. The zero-order chi connectivity index (χ0) is 16.9. The van der Waals surface area contributed by atoms with Crippen LogP contribution in [0.25, 0.3) is 0 Å². The largest absolute Gasteiger partial charge is 0.338 e. The van der Waals surface area contributed by atoms with Crippen molar-refractivity contribution in [2.45, 2.75) is 25.2 Å². The molecule has 2 heterocycles. The molecule has 1 atom stereocenters. The summed E-state index contributed by atoms with van der Waals surface area (Å²) in [7, 11) is 1.93. The molecule has 0 bridgehead atoms. The van der Waals surface area contributed by atoms with E-state index < -0.39 is 0 Å². The van der Waals surface area contributed by atoms with Crippen molar-refractivity contribution in [3.05, 3.63) is 47.8 Å². The van der Waals surface area contributed by atoms with Crippen molar-refractivity contribution < 1.29 is 9.18 Å². The average molecular weight is 331 g/mol. The highest BCUT2D eigenvalue weighted by molar-refractivity contribution is 5.74. The zero-order valence-electron chi connectivity index (χ0n) is 13.8. The van der Waals surface area contributed by atoms with Gasteiger partial charge in [-0.25, -0.2) is 9.18 Å². The van der Waals surface area contributed by atoms with Crippen LogP contribution in [0.1, 0.15) is 30.1 Å². The fourth-order valence-corrected chi connectivity index (χ4v) is 3.11. The lowest BCUT2D eigenvalue weighted by Gasteiger charge is -2.32. The number of halogens is 1. The number of aryl methyl sites for hydroxylation is 1. The van der Waals surface area contributed by atoms with Gasteiger partial charge in [-0.3, -0.25) is 0 Å². The van der Waals surface area contributed by atoms with Gasteiger partial charge in [0.05, 0.1) is 0 Å². The second-order valence-electron chi connectivity index (χ2n) is 6.19. The van der Waals surface area contributed by atoms with Crippen LogP contribution in [0.2, 0.25) is 0 Å². The summed E-state index contributed by atoms with van der Waals surface area (Å²) < 4.78 is 14.8. The number of urea groups is 1. The van der Waals surface area contributed by atoms with Crippen LogP contribution in [0.5, 0.6) is 0 Å². The number of nitrogens with zero attached hydrogens (tertiary/aromatic N) is 4. The molecule has 2 aromatic rings. The smallest absolute Gasteiger partial charge is 0.317 e. The summed E-state index contributed by atoms with van der Waals surface area (Å²) in [4.78, 5) is 14.2. The van der Waals surface area contributed by atoms with Gasteiger partial charge in [-0.05, 0) is 37.0 Å². The number of carbonyl (C=O) groups excluding carboxylic acids is 1. The third-order valence-corrected chi connectivity index (χ3v) is 4.42. The fourth-order valence-electron chi connectivity index (χ4n) is 3.11. The van der Waals surface area contributed by atoms with Crippen LogP contribution in [0, 0.1) is 5.82 Å². The van der Waals surface area contributed by atoms with E-state index in [1.807, 2.05) is 16.5 Å². The fraction of sp³-hybridized carbons (Fsp3) is 0.471. The van der Waals surface area contributed by atoms with Crippen molar-refractivity contribution in [3.63, 3.8) is 0 Å². The lowest BCUT2D eigenvalue weighted by Crippen LogP contribution is -2.45. The van der Waals surface area contributed by atoms with Crippen molar-refractivity contribution >= 4 is 6.03 Å². The Hall–Kier alpha value is -2.44. The number of benzene rings is 1. The SMILES string of the molecule is Cn1cnnc1[C@H]1CCCN(C(=O)NCCc2ccc(F)cc2)C1. The van der Waals surface area contributed by atoms with E-state index in [0.717, 1.165) is 30.8 Å². The molecule has 0 saturated carbocycles. The first kappa shape index (κ1) is 16.4. The van der Waals surface area contributed by atoms with Crippen LogP contribution in [0.3, 0.4) is 0 Å². The van der Waals surface area contributed by atoms with Crippen LogP contribution >= 0.6 is 0 Å². The molecule has 0 unspecified atom stereocenters. The minimum atomic E-state index is -0.245. The molecule has 1 aromatic carbocycles. The number of nitrogens with one attached hydrogen (secondary N) is 1. The predicted octanol–water partition coefficient (Wildman–Crippen LogP) is 2.09. The predicted molar refractivity (Wildman–Crippen MR) is 88.1 cm³/mol. The van der Waals surface area contributed by atoms with Gasteiger partial charge in [0, 0.05) is 32.6 Å². The molecule has 1 saturated heterocycles. The van der Waals surface area contributed by atoms with E-state index in [9.17, 15) is 9.18 Å². The van der Waals surface area contributed by atoms with Gasteiger partial charge in [-0.15, -0.1) is 10.2 Å². The summed E-state index contributed by atoms with van der Waals surface area (Å²) in [6, 6.07) is 6.31. The molecule has 2 amide bonds. The van der Waals surface area contributed by atoms with E-state index in [1.165, 1.54) is 12.1 Å². The Morgan fingerprint density at radius 2 is 2.17 bits per heavy atom. The third-order valence-electron chi connectivity index (χ3n) is 4.42. The zero-order valence-corrected chi connectivity index (χ0v) is 13.8. The topological polar surface area (TPSA) is 63.1 Å². The molecule has 3 rings (SSSR count). The van der Waals surface area contributed by atoms with Gasteiger partial charge in [0.25, 0.3) is 0 Å². The Labute approximate surface area is 140 Å². The number of carbonyl (C=O) groups is 1. The Balaban J connectivity index is 1.49. The van der Waals surface area contributed by atoms with Crippen LogP contribution in [0.4, 0.5) is 9.18 Å². The Morgan fingerprint density at radius 1 is 1.38 bits per heavy atom. The van der Waals surface area contributed by atoms with Crippen molar-refractivity contribution in [2.75, 3.05) is 19.6 Å². The van der Waals surface area contributed by atoms with E-state index in [-0.39, 0.29) is 17.8 Å². The molecule has 1 fully saturated rings. The maximum absolute atomic E-state index is 12.9. The van der Waals surface area contributed by atoms with Crippen molar-refractivity contribution in [2.24, 2.45) is 7.05 Å². The highest BCUT2D eigenvalue weighted by atomic mass is 19.1. The molecule has 0 aliphatic carbocycles. The minimum Gasteiger partial charge on any atom is -0.338 e. The number of likely N-dealkylation sites (tertiary alicyclic amines) is 1. The number of hydrogen-bond acceptors (Lipinski definition) is 3. The van der Waals surface area contributed by atoms with Crippen LogP contribution in [-0.4, -0.2) is 45.3 Å². The molecular formula is C17H22FN5O. The van der Waals surface area contributed by atoms with Gasteiger partial charge in [0.15, 0.2) is 0 Å².